The standard InChI is InChI=1S/C14H27N3O/c1-11-9-16-8-6-5-7-12(16)10-17(11)13(18)15-14(2,3)4/h11-12H,5-10H2,1-4H3,(H,15,18). The molecule has 2 aliphatic heterocycles. The van der Waals surface area contributed by atoms with E-state index in [4.69, 9.17) is 0 Å². The molecule has 4 heteroatoms. The van der Waals surface area contributed by atoms with E-state index in [1.54, 1.807) is 0 Å². The summed E-state index contributed by atoms with van der Waals surface area (Å²) in [5.74, 6) is 0. The quantitative estimate of drug-likeness (QED) is 0.717. The first kappa shape index (κ1) is 13.7. The van der Waals surface area contributed by atoms with Crippen LogP contribution in [0.5, 0.6) is 0 Å². The molecule has 2 aliphatic rings. The van der Waals surface area contributed by atoms with Gasteiger partial charge in [-0.25, -0.2) is 4.79 Å². The maximum atomic E-state index is 12.3. The van der Waals surface area contributed by atoms with Crippen molar-refractivity contribution in [3.63, 3.8) is 0 Å². The van der Waals surface area contributed by atoms with Gasteiger partial charge in [-0.15, -0.1) is 0 Å². The number of fused-ring (bicyclic) bond motifs is 1. The number of carbonyl (C=O) groups excluding carboxylic acids is 1. The van der Waals surface area contributed by atoms with Gasteiger partial charge in [0, 0.05) is 30.7 Å². The van der Waals surface area contributed by atoms with Gasteiger partial charge >= 0.3 is 6.03 Å². The van der Waals surface area contributed by atoms with Crippen LogP contribution in [-0.2, 0) is 0 Å². The first-order valence-electron chi connectivity index (χ1n) is 7.19. The molecular weight excluding hydrogens is 226 g/mol. The molecule has 0 saturated carbocycles. The molecule has 18 heavy (non-hydrogen) atoms. The SMILES string of the molecule is CC1CN2CCCCC2CN1C(=O)NC(C)(C)C. The highest BCUT2D eigenvalue weighted by molar-refractivity contribution is 5.75. The predicted octanol–water partition coefficient (Wildman–Crippen LogP) is 2.05. The maximum absolute atomic E-state index is 12.3. The summed E-state index contributed by atoms with van der Waals surface area (Å²) in [6.45, 7) is 11.4. The van der Waals surface area contributed by atoms with Crippen molar-refractivity contribution in [3.8, 4) is 0 Å². The molecule has 2 unspecified atom stereocenters. The normalized spacial score (nSPS) is 29.9. The van der Waals surface area contributed by atoms with Crippen LogP contribution in [0.25, 0.3) is 0 Å². The van der Waals surface area contributed by atoms with Crippen LogP contribution in [0.15, 0.2) is 0 Å². The van der Waals surface area contributed by atoms with Crippen molar-refractivity contribution in [3.05, 3.63) is 0 Å². The minimum absolute atomic E-state index is 0.0974. The minimum Gasteiger partial charge on any atom is -0.333 e. The molecule has 2 atom stereocenters. The predicted molar refractivity (Wildman–Crippen MR) is 73.7 cm³/mol. The Morgan fingerprint density at radius 2 is 1.94 bits per heavy atom. The number of piperazine rings is 1. The number of amides is 2. The van der Waals surface area contributed by atoms with Gasteiger partial charge in [-0.3, -0.25) is 4.90 Å². The number of nitrogens with zero attached hydrogens (tertiary/aromatic N) is 2. The summed E-state index contributed by atoms with van der Waals surface area (Å²) in [6.07, 6.45) is 3.87. The van der Waals surface area contributed by atoms with Crippen LogP contribution in [-0.4, -0.2) is 53.1 Å². The maximum Gasteiger partial charge on any atom is 0.318 e. The molecule has 2 saturated heterocycles. The molecule has 2 heterocycles. The van der Waals surface area contributed by atoms with Crippen LogP contribution in [0.1, 0.15) is 47.0 Å². The lowest BCUT2D eigenvalue weighted by atomic mass is 9.97. The number of hydrogen-bond donors (Lipinski definition) is 1. The van der Waals surface area contributed by atoms with Gasteiger partial charge < -0.3 is 10.2 Å². The van der Waals surface area contributed by atoms with Crippen LogP contribution >= 0.6 is 0 Å². The number of piperidine rings is 1. The third kappa shape index (κ3) is 3.16. The largest absolute Gasteiger partial charge is 0.333 e. The zero-order valence-corrected chi connectivity index (χ0v) is 12.2. The average molecular weight is 253 g/mol. The van der Waals surface area contributed by atoms with Gasteiger partial charge in [0.2, 0.25) is 0 Å². The van der Waals surface area contributed by atoms with Crippen molar-refractivity contribution in [2.75, 3.05) is 19.6 Å². The van der Waals surface area contributed by atoms with E-state index in [-0.39, 0.29) is 11.6 Å². The molecule has 4 nitrogen and oxygen atoms in total. The zero-order chi connectivity index (χ0) is 13.3. The summed E-state index contributed by atoms with van der Waals surface area (Å²) in [7, 11) is 0. The lowest BCUT2D eigenvalue weighted by Gasteiger charge is -2.47. The summed E-state index contributed by atoms with van der Waals surface area (Å²) in [4.78, 5) is 16.9. The highest BCUT2D eigenvalue weighted by atomic mass is 16.2. The number of hydrogen-bond acceptors (Lipinski definition) is 2. The number of nitrogens with one attached hydrogen (secondary N) is 1. The lowest BCUT2D eigenvalue weighted by molar-refractivity contribution is 0.0331. The van der Waals surface area contributed by atoms with E-state index < -0.39 is 0 Å². The number of carbonyl (C=O) groups is 1. The molecule has 0 spiro atoms. The topological polar surface area (TPSA) is 35.6 Å². The van der Waals surface area contributed by atoms with Crippen molar-refractivity contribution in [2.45, 2.75) is 64.6 Å². The van der Waals surface area contributed by atoms with Gasteiger partial charge in [-0.05, 0) is 47.1 Å². The van der Waals surface area contributed by atoms with Gasteiger partial charge in [0.05, 0.1) is 0 Å². The smallest absolute Gasteiger partial charge is 0.318 e. The van der Waals surface area contributed by atoms with Gasteiger partial charge in [-0.2, -0.15) is 0 Å². The Labute approximate surface area is 111 Å². The lowest BCUT2D eigenvalue weighted by Crippen LogP contribution is -2.63. The zero-order valence-electron chi connectivity index (χ0n) is 12.2. The monoisotopic (exact) mass is 253 g/mol. The molecule has 2 amide bonds. The Morgan fingerprint density at radius 3 is 2.61 bits per heavy atom. The second-order valence-corrected chi connectivity index (χ2v) is 6.83. The van der Waals surface area contributed by atoms with Crippen LogP contribution in [0.4, 0.5) is 4.79 Å². The molecule has 2 fully saturated rings. The van der Waals surface area contributed by atoms with E-state index in [9.17, 15) is 4.79 Å². The summed E-state index contributed by atoms with van der Waals surface area (Å²) < 4.78 is 0. The molecule has 0 aromatic carbocycles. The molecule has 0 aliphatic carbocycles. The minimum atomic E-state index is -0.152. The van der Waals surface area contributed by atoms with Crippen molar-refractivity contribution in [1.29, 1.82) is 0 Å². The second-order valence-electron chi connectivity index (χ2n) is 6.83. The van der Waals surface area contributed by atoms with Gasteiger partial charge in [-0.1, -0.05) is 6.42 Å². The fourth-order valence-corrected chi connectivity index (χ4v) is 3.03. The number of urea groups is 1. The van der Waals surface area contributed by atoms with E-state index in [0.29, 0.717) is 12.1 Å². The summed E-state index contributed by atoms with van der Waals surface area (Å²) in [5.41, 5.74) is -0.152. The number of rotatable bonds is 0. The van der Waals surface area contributed by atoms with Crippen LogP contribution in [0, 0.1) is 0 Å². The molecular formula is C14H27N3O. The molecule has 0 aromatic rings. The molecule has 2 rings (SSSR count). The van der Waals surface area contributed by atoms with Crippen molar-refractivity contribution >= 4 is 6.03 Å². The van der Waals surface area contributed by atoms with Crippen molar-refractivity contribution in [1.82, 2.24) is 15.1 Å². The third-order valence-corrected chi connectivity index (χ3v) is 3.93. The molecule has 0 bridgehead atoms. The molecule has 1 N–H and O–H groups in total. The highest BCUT2D eigenvalue weighted by Gasteiger charge is 2.35. The Kier molecular flexibility index (Phi) is 3.85. The van der Waals surface area contributed by atoms with E-state index in [1.807, 2.05) is 25.7 Å². The molecule has 104 valence electrons. The Hall–Kier alpha value is -0.770. The Bertz CT molecular complexity index is 311. The van der Waals surface area contributed by atoms with Crippen LogP contribution < -0.4 is 5.32 Å². The fourth-order valence-electron chi connectivity index (χ4n) is 3.03. The van der Waals surface area contributed by atoms with E-state index in [0.717, 1.165) is 13.1 Å². The summed E-state index contributed by atoms with van der Waals surface area (Å²) in [6, 6.07) is 1.00. The Balaban J connectivity index is 1.98. The molecule has 0 aromatic heterocycles. The average Bonchev–Trinajstić information content (AvgIpc) is 2.25. The molecule has 0 radical (unpaired) electrons. The van der Waals surface area contributed by atoms with Gasteiger partial charge in [0.15, 0.2) is 0 Å². The van der Waals surface area contributed by atoms with Gasteiger partial charge in [0.1, 0.15) is 0 Å². The van der Waals surface area contributed by atoms with Crippen molar-refractivity contribution in [2.24, 2.45) is 0 Å². The first-order valence-corrected chi connectivity index (χ1v) is 7.19. The van der Waals surface area contributed by atoms with Crippen LogP contribution in [0.2, 0.25) is 0 Å². The van der Waals surface area contributed by atoms with Crippen molar-refractivity contribution < 1.29 is 4.79 Å². The highest BCUT2D eigenvalue weighted by Crippen LogP contribution is 2.24. The van der Waals surface area contributed by atoms with E-state index >= 15 is 0 Å². The first-order chi connectivity index (χ1) is 8.37. The third-order valence-electron chi connectivity index (χ3n) is 3.93. The van der Waals surface area contributed by atoms with E-state index in [1.165, 1.54) is 25.8 Å². The fraction of sp³-hybridized carbons (Fsp3) is 0.929. The second kappa shape index (κ2) is 5.08. The summed E-state index contributed by atoms with van der Waals surface area (Å²) in [5, 5.41) is 3.08. The van der Waals surface area contributed by atoms with Crippen LogP contribution in [0.3, 0.4) is 0 Å². The van der Waals surface area contributed by atoms with Gasteiger partial charge in [0.25, 0.3) is 0 Å². The summed E-state index contributed by atoms with van der Waals surface area (Å²) >= 11 is 0. The van der Waals surface area contributed by atoms with E-state index in [2.05, 4.69) is 17.1 Å². The Morgan fingerprint density at radius 1 is 1.22 bits per heavy atom.